The van der Waals surface area contributed by atoms with Crippen LogP contribution in [-0.4, -0.2) is 37.0 Å². The van der Waals surface area contributed by atoms with Crippen LogP contribution in [0.4, 0.5) is 17.6 Å². The molecule has 0 fully saturated rings. The van der Waals surface area contributed by atoms with E-state index in [-0.39, 0.29) is 12.0 Å². The van der Waals surface area contributed by atoms with Crippen LogP contribution in [0.5, 0.6) is 0 Å². The maximum absolute atomic E-state index is 13.3. The molecule has 0 saturated carbocycles. The van der Waals surface area contributed by atoms with Crippen molar-refractivity contribution in [3.05, 3.63) is 71.0 Å². The van der Waals surface area contributed by atoms with Gasteiger partial charge in [0.2, 0.25) is 11.8 Å². The molecule has 0 aliphatic carbocycles. The topological polar surface area (TPSA) is 84.5 Å². The lowest BCUT2D eigenvalue weighted by molar-refractivity contribution is -0.146. The molecule has 0 unspecified atom stereocenters. The highest BCUT2D eigenvalue weighted by molar-refractivity contribution is 5.90. The van der Waals surface area contributed by atoms with Crippen LogP contribution in [0.15, 0.2) is 48.5 Å². The van der Waals surface area contributed by atoms with Gasteiger partial charge in [-0.05, 0) is 29.3 Å². The Bertz CT molecular complexity index is 961. The number of carbonyl (C=O) groups excluding carboxylic acids is 3. The molecule has 0 aromatic heterocycles. The van der Waals surface area contributed by atoms with Crippen LogP contribution in [0, 0.1) is 5.82 Å². The zero-order valence-corrected chi connectivity index (χ0v) is 17.3. The lowest BCUT2D eigenvalue weighted by Gasteiger charge is -2.23. The molecule has 2 atom stereocenters. The van der Waals surface area contributed by atoms with Gasteiger partial charge in [-0.2, -0.15) is 13.2 Å². The predicted molar refractivity (Wildman–Crippen MR) is 107 cm³/mol. The van der Waals surface area contributed by atoms with Crippen LogP contribution < -0.4 is 10.6 Å². The summed E-state index contributed by atoms with van der Waals surface area (Å²) in [6.07, 6.45) is -5.15. The first-order valence-electron chi connectivity index (χ1n) is 9.56. The summed E-state index contributed by atoms with van der Waals surface area (Å²) in [5, 5.41) is 4.79. The highest BCUT2D eigenvalue weighted by Gasteiger charge is 2.35. The fourth-order valence-electron chi connectivity index (χ4n) is 3.11. The SMILES string of the molecule is COC(=O)[C@H](Cc1ccccc1C(F)(F)F)NC(=O)[C@H](Cc1ccc(F)cc1)NC(C)=O. The van der Waals surface area contributed by atoms with Crippen LogP contribution in [0.1, 0.15) is 23.6 Å². The van der Waals surface area contributed by atoms with Gasteiger partial charge in [-0.15, -0.1) is 0 Å². The first-order chi connectivity index (χ1) is 15.0. The number of ether oxygens (including phenoxy) is 1. The quantitative estimate of drug-likeness (QED) is 0.475. The monoisotopic (exact) mass is 454 g/mol. The molecule has 0 aliphatic heterocycles. The molecule has 172 valence electrons. The molecule has 0 radical (unpaired) electrons. The number of methoxy groups -OCH3 is 1. The number of alkyl halides is 3. The van der Waals surface area contributed by atoms with Gasteiger partial charge in [0, 0.05) is 19.8 Å². The standard InChI is InChI=1S/C22H22F4N2O4/c1-13(29)27-18(11-14-7-9-16(23)10-8-14)20(30)28-19(21(31)32-2)12-15-5-3-4-6-17(15)22(24,25)26/h3-10,18-19H,11-12H2,1-2H3,(H,27,29)(H,28,30)/t18-,19-/m0/s1. The molecule has 0 spiro atoms. The van der Waals surface area contributed by atoms with E-state index in [2.05, 4.69) is 15.4 Å². The number of rotatable bonds is 8. The van der Waals surface area contributed by atoms with Gasteiger partial charge in [-0.1, -0.05) is 30.3 Å². The van der Waals surface area contributed by atoms with Crippen molar-refractivity contribution in [3.63, 3.8) is 0 Å². The summed E-state index contributed by atoms with van der Waals surface area (Å²) < 4.78 is 57.7. The summed E-state index contributed by atoms with van der Waals surface area (Å²) in [6.45, 7) is 1.18. The average Bonchev–Trinajstić information content (AvgIpc) is 2.73. The van der Waals surface area contributed by atoms with Gasteiger partial charge in [-0.25, -0.2) is 9.18 Å². The number of carbonyl (C=O) groups is 3. The van der Waals surface area contributed by atoms with Crippen molar-refractivity contribution in [2.24, 2.45) is 0 Å². The summed E-state index contributed by atoms with van der Waals surface area (Å²) >= 11 is 0. The second kappa shape index (κ2) is 10.7. The van der Waals surface area contributed by atoms with Crippen LogP contribution in [0.2, 0.25) is 0 Å². The number of esters is 1. The second-order valence-corrected chi connectivity index (χ2v) is 7.03. The van der Waals surface area contributed by atoms with Crippen molar-refractivity contribution in [1.29, 1.82) is 0 Å². The molecule has 2 aromatic carbocycles. The lowest BCUT2D eigenvalue weighted by Crippen LogP contribution is -2.53. The van der Waals surface area contributed by atoms with Gasteiger partial charge >= 0.3 is 12.1 Å². The van der Waals surface area contributed by atoms with E-state index in [1.807, 2.05) is 0 Å². The Morgan fingerprint density at radius 2 is 1.56 bits per heavy atom. The molecular formula is C22H22F4N2O4. The summed E-state index contributed by atoms with van der Waals surface area (Å²) in [5.74, 6) is -2.77. The maximum Gasteiger partial charge on any atom is 0.416 e. The third-order valence-electron chi connectivity index (χ3n) is 4.60. The van der Waals surface area contributed by atoms with E-state index in [4.69, 9.17) is 0 Å². The third kappa shape index (κ3) is 7.07. The van der Waals surface area contributed by atoms with Crippen molar-refractivity contribution in [2.75, 3.05) is 7.11 Å². The van der Waals surface area contributed by atoms with Crippen LogP contribution in [0.25, 0.3) is 0 Å². The number of benzene rings is 2. The number of nitrogens with one attached hydrogen (secondary N) is 2. The van der Waals surface area contributed by atoms with Gasteiger partial charge < -0.3 is 15.4 Å². The molecule has 0 heterocycles. The first kappa shape index (κ1) is 24.8. The van der Waals surface area contributed by atoms with E-state index < -0.39 is 53.8 Å². The van der Waals surface area contributed by atoms with E-state index in [1.165, 1.54) is 49.4 Å². The summed E-state index contributed by atoms with van der Waals surface area (Å²) in [6, 6.07) is 7.32. The van der Waals surface area contributed by atoms with Crippen LogP contribution in [0.3, 0.4) is 0 Å². The van der Waals surface area contributed by atoms with Crippen molar-refractivity contribution >= 4 is 17.8 Å². The molecule has 2 amide bonds. The van der Waals surface area contributed by atoms with E-state index in [9.17, 15) is 31.9 Å². The molecule has 0 aliphatic rings. The molecule has 2 aromatic rings. The fourth-order valence-corrected chi connectivity index (χ4v) is 3.11. The zero-order valence-electron chi connectivity index (χ0n) is 17.3. The largest absolute Gasteiger partial charge is 0.467 e. The minimum absolute atomic E-state index is 0.0290. The Labute approximate surface area is 181 Å². The van der Waals surface area contributed by atoms with Crippen molar-refractivity contribution < 1.29 is 36.7 Å². The van der Waals surface area contributed by atoms with Crippen LogP contribution >= 0.6 is 0 Å². The molecule has 0 bridgehead atoms. The first-order valence-corrected chi connectivity index (χ1v) is 9.56. The van der Waals surface area contributed by atoms with E-state index in [0.717, 1.165) is 13.2 Å². The van der Waals surface area contributed by atoms with Gasteiger partial charge in [0.25, 0.3) is 0 Å². The Morgan fingerprint density at radius 3 is 2.12 bits per heavy atom. The summed E-state index contributed by atoms with van der Waals surface area (Å²) in [7, 11) is 1.04. The maximum atomic E-state index is 13.3. The number of hydrogen-bond acceptors (Lipinski definition) is 4. The van der Waals surface area contributed by atoms with E-state index >= 15 is 0 Å². The molecule has 10 heteroatoms. The highest BCUT2D eigenvalue weighted by Crippen LogP contribution is 2.32. The Kier molecular flexibility index (Phi) is 8.34. The lowest BCUT2D eigenvalue weighted by atomic mass is 9.99. The Morgan fingerprint density at radius 1 is 0.938 bits per heavy atom. The smallest absolute Gasteiger partial charge is 0.416 e. The van der Waals surface area contributed by atoms with E-state index in [0.29, 0.717) is 5.56 Å². The van der Waals surface area contributed by atoms with Crippen molar-refractivity contribution in [1.82, 2.24) is 10.6 Å². The van der Waals surface area contributed by atoms with Crippen LogP contribution in [-0.2, 0) is 38.1 Å². The third-order valence-corrected chi connectivity index (χ3v) is 4.60. The normalized spacial score (nSPS) is 13.1. The molecule has 0 saturated heterocycles. The summed E-state index contributed by atoms with van der Waals surface area (Å²) in [5.41, 5.74) is -0.615. The number of hydrogen-bond donors (Lipinski definition) is 2. The Hall–Kier alpha value is -3.43. The molecule has 2 N–H and O–H groups in total. The van der Waals surface area contributed by atoms with Gasteiger partial charge in [-0.3, -0.25) is 9.59 Å². The van der Waals surface area contributed by atoms with Gasteiger partial charge in [0.1, 0.15) is 17.9 Å². The van der Waals surface area contributed by atoms with E-state index in [1.54, 1.807) is 0 Å². The van der Waals surface area contributed by atoms with Gasteiger partial charge in [0.05, 0.1) is 12.7 Å². The number of halogens is 4. The molecule has 6 nitrogen and oxygen atoms in total. The second-order valence-electron chi connectivity index (χ2n) is 7.03. The predicted octanol–water partition coefficient (Wildman–Crippen LogP) is 2.79. The zero-order chi connectivity index (χ0) is 23.9. The van der Waals surface area contributed by atoms with Crippen molar-refractivity contribution in [2.45, 2.75) is 38.0 Å². The Balaban J connectivity index is 2.25. The van der Waals surface area contributed by atoms with Gasteiger partial charge in [0.15, 0.2) is 0 Å². The summed E-state index contributed by atoms with van der Waals surface area (Å²) in [4.78, 5) is 36.6. The minimum Gasteiger partial charge on any atom is -0.467 e. The fraction of sp³-hybridized carbons (Fsp3) is 0.318. The molecular weight excluding hydrogens is 432 g/mol. The highest BCUT2D eigenvalue weighted by atomic mass is 19.4. The number of amides is 2. The molecule has 32 heavy (non-hydrogen) atoms. The van der Waals surface area contributed by atoms with Crippen molar-refractivity contribution in [3.8, 4) is 0 Å². The average molecular weight is 454 g/mol. The molecule has 2 rings (SSSR count). The minimum atomic E-state index is -4.65.